The van der Waals surface area contributed by atoms with Crippen molar-refractivity contribution in [3.05, 3.63) is 57.7 Å². The minimum absolute atomic E-state index is 0.0726. The van der Waals surface area contributed by atoms with E-state index in [0.717, 1.165) is 5.69 Å². The fraction of sp³-hybridized carbons (Fsp3) is 0.250. The van der Waals surface area contributed by atoms with E-state index in [9.17, 15) is 9.59 Å². The first-order chi connectivity index (χ1) is 11.6. The first kappa shape index (κ1) is 16.1. The number of nitrogens with zero attached hydrogens (tertiary/aromatic N) is 3. The predicted molar refractivity (Wildman–Crippen MR) is 90.5 cm³/mol. The number of pyridine rings is 1. The van der Waals surface area contributed by atoms with Gasteiger partial charge >= 0.3 is 0 Å². The molecule has 0 atom stereocenters. The molecular formula is C16H16N4O3S. The predicted octanol–water partition coefficient (Wildman–Crippen LogP) is 1.20. The number of rotatable bonds is 6. The van der Waals surface area contributed by atoms with Crippen LogP contribution >= 0.6 is 11.3 Å². The number of hydrogen-bond donors (Lipinski definition) is 1. The third-order valence-electron chi connectivity index (χ3n) is 3.31. The normalized spacial score (nSPS) is 10.7. The van der Waals surface area contributed by atoms with E-state index in [4.69, 9.17) is 4.74 Å². The molecule has 3 aromatic rings. The molecule has 7 nitrogen and oxygen atoms in total. The average Bonchev–Trinajstić information content (AvgIpc) is 2.97. The zero-order chi connectivity index (χ0) is 16.9. The Hall–Kier alpha value is -2.74. The Kier molecular flexibility index (Phi) is 4.85. The number of nitrogens with one attached hydrogen (secondary N) is 1. The summed E-state index contributed by atoms with van der Waals surface area (Å²) in [5, 5.41) is 4.66. The van der Waals surface area contributed by atoms with E-state index in [1.807, 2.05) is 5.38 Å². The Morgan fingerprint density at radius 3 is 3.12 bits per heavy atom. The second kappa shape index (κ2) is 7.22. The summed E-state index contributed by atoms with van der Waals surface area (Å²) in [4.78, 5) is 32.7. The van der Waals surface area contributed by atoms with Crippen molar-refractivity contribution < 1.29 is 9.53 Å². The summed E-state index contributed by atoms with van der Waals surface area (Å²) in [5.41, 5.74) is 1.44. The van der Waals surface area contributed by atoms with E-state index in [0.29, 0.717) is 29.4 Å². The molecule has 3 rings (SSSR count). The van der Waals surface area contributed by atoms with Gasteiger partial charge in [-0.2, -0.15) is 0 Å². The first-order valence-corrected chi connectivity index (χ1v) is 8.28. The molecule has 1 amide bonds. The van der Waals surface area contributed by atoms with Crippen molar-refractivity contribution >= 4 is 22.2 Å². The van der Waals surface area contributed by atoms with Gasteiger partial charge in [0.15, 0.2) is 11.6 Å². The number of aromatic nitrogens is 3. The molecule has 124 valence electrons. The van der Waals surface area contributed by atoms with E-state index >= 15 is 0 Å². The highest BCUT2D eigenvalue weighted by Crippen LogP contribution is 2.12. The second-order valence-electron chi connectivity index (χ2n) is 5.16. The van der Waals surface area contributed by atoms with Crippen molar-refractivity contribution in [1.82, 2.24) is 19.7 Å². The van der Waals surface area contributed by atoms with Gasteiger partial charge < -0.3 is 10.1 Å². The van der Waals surface area contributed by atoms with Gasteiger partial charge in [-0.25, -0.2) is 4.98 Å². The zero-order valence-electron chi connectivity index (χ0n) is 13.1. The summed E-state index contributed by atoms with van der Waals surface area (Å²) in [5.74, 6) is 0.323. The van der Waals surface area contributed by atoms with Gasteiger partial charge in [0.1, 0.15) is 5.75 Å². The maximum absolute atomic E-state index is 12.1. The molecule has 3 aromatic heterocycles. The largest absolute Gasteiger partial charge is 0.482 e. The Labute approximate surface area is 142 Å². The van der Waals surface area contributed by atoms with Crippen molar-refractivity contribution in [3.63, 3.8) is 0 Å². The Morgan fingerprint density at radius 1 is 1.46 bits per heavy atom. The minimum Gasteiger partial charge on any atom is -0.482 e. The van der Waals surface area contributed by atoms with Crippen molar-refractivity contribution in [2.45, 2.75) is 13.3 Å². The van der Waals surface area contributed by atoms with Gasteiger partial charge in [0.05, 0.1) is 6.20 Å². The van der Waals surface area contributed by atoms with E-state index in [1.165, 1.54) is 17.4 Å². The quantitative estimate of drug-likeness (QED) is 0.726. The molecule has 0 bridgehead atoms. The maximum Gasteiger partial charge on any atom is 0.258 e. The first-order valence-electron chi connectivity index (χ1n) is 7.40. The summed E-state index contributed by atoms with van der Waals surface area (Å²) < 4.78 is 6.90. The van der Waals surface area contributed by atoms with E-state index in [2.05, 4.69) is 15.3 Å². The molecule has 0 aliphatic heterocycles. The Morgan fingerprint density at radius 2 is 2.33 bits per heavy atom. The van der Waals surface area contributed by atoms with Crippen molar-refractivity contribution in [2.24, 2.45) is 0 Å². The molecule has 0 spiro atoms. The molecule has 3 heterocycles. The van der Waals surface area contributed by atoms with Crippen LogP contribution in [0.2, 0.25) is 0 Å². The number of ether oxygens (including phenoxy) is 1. The lowest BCUT2D eigenvalue weighted by Gasteiger charge is -2.07. The summed E-state index contributed by atoms with van der Waals surface area (Å²) in [6.45, 7) is 2.14. The van der Waals surface area contributed by atoms with Gasteiger partial charge in [-0.15, -0.1) is 11.3 Å². The average molecular weight is 344 g/mol. The van der Waals surface area contributed by atoms with E-state index in [1.54, 1.807) is 35.9 Å². The van der Waals surface area contributed by atoms with Crippen molar-refractivity contribution in [1.29, 1.82) is 0 Å². The van der Waals surface area contributed by atoms with Gasteiger partial charge in [0.2, 0.25) is 0 Å². The highest BCUT2D eigenvalue weighted by atomic mass is 32.1. The fourth-order valence-corrected chi connectivity index (χ4v) is 3.19. The molecule has 0 saturated carbocycles. The fourth-order valence-electron chi connectivity index (χ4n) is 2.22. The number of carbonyl (C=O) groups is 1. The highest BCUT2D eigenvalue weighted by molar-refractivity contribution is 7.15. The summed E-state index contributed by atoms with van der Waals surface area (Å²) in [6.07, 6.45) is 3.73. The van der Waals surface area contributed by atoms with Crippen LogP contribution < -0.4 is 15.6 Å². The third kappa shape index (κ3) is 3.77. The monoisotopic (exact) mass is 344 g/mol. The molecule has 24 heavy (non-hydrogen) atoms. The summed E-state index contributed by atoms with van der Waals surface area (Å²) >= 11 is 1.42. The van der Waals surface area contributed by atoms with Gasteiger partial charge in [0, 0.05) is 42.0 Å². The molecule has 0 aliphatic carbocycles. The van der Waals surface area contributed by atoms with Crippen LogP contribution in [-0.4, -0.2) is 33.4 Å². The molecule has 0 aromatic carbocycles. The zero-order valence-corrected chi connectivity index (χ0v) is 13.9. The number of fused-ring (bicyclic) bond motifs is 1. The van der Waals surface area contributed by atoms with Crippen LogP contribution in [0, 0.1) is 6.92 Å². The van der Waals surface area contributed by atoms with Gasteiger partial charge in [-0.3, -0.25) is 19.0 Å². The number of amides is 1. The van der Waals surface area contributed by atoms with Crippen molar-refractivity contribution in [2.75, 3.05) is 13.2 Å². The topological polar surface area (TPSA) is 85.6 Å². The van der Waals surface area contributed by atoms with Crippen LogP contribution in [0.5, 0.6) is 5.75 Å². The SMILES string of the molecule is Cc1cc(=O)n2c(CCNC(=O)COc3cccnc3)csc2n1. The molecule has 8 heteroatoms. The van der Waals surface area contributed by atoms with Crippen molar-refractivity contribution in [3.8, 4) is 5.75 Å². The lowest BCUT2D eigenvalue weighted by molar-refractivity contribution is -0.123. The van der Waals surface area contributed by atoms with Crippen LogP contribution in [0.3, 0.4) is 0 Å². The highest BCUT2D eigenvalue weighted by Gasteiger charge is 2.08. The molecule has 0 radical (unpaired) electrons. The minimum atomic E-state index is -0.222. The van der Waals surface area contributed by atoms with E-state index in [-0.39, 0.29) is 18.1 Å². The lowest BCUT2D eigenvalue weighted by Crippen LogP contribution is -2.31. The number of hydrogen-bond acceptors (Lipinski definition) is 6. The molecule has 0 saturated heterocycles. The third-order valence-corrected chi connectivity index (χ3v) is 4.19. The van der Waals surface area contributed by atoms with Crippen LogP contribution in [0.25, 0.3) is 4.96 Å². The van der Waals surface area contributed by atoms with Crippen LogP contribution in [0.15, 0.2) is 40.8 Å². The Bertz CT molecular complexity index is 905. The smallest absolute Gasteiger partial charge is 0.258 e. The summed E-state index contributed by atoms with van der Waals surface area (Å²) in [6, 6.07) is 4.98. The standard InChI is InChI=1S/C16H16N4O3S/c1-11-7-15(22)20-12(10-24-16(20)19-11)4-6-18-14(21)9-23-13-3-2-5-17-8-13/h2-3,5,7-8,10H,4,6,9H2,1H3,(H,18,21). The van der Waals surface area contributed by atoms with Gasteiger partial charge in [0.25, 0.3) is 11.5 Å². The van der Waals surface area contributed by atoms with Crippen LogP contribution in [0.4, 0.5) is 0 Å². The Balaban J connectivity index is 1.53. The van der Waals surface area contributed by atoms with Crippen LogP contribution in [-0.2, 0) is 11.2 Å². The molecular weight excluding hydrogens is 328 g/mol. The second-order valence-corrected chi connectivity index (χ2v) is 5.99. The maximum atomic E-state index is 12.1. The van der Waals surface area contributed by atoms with Gasteiger partial charge in [-0.05, 0) is 19.1 Å². The van der Waals surface area contributed by atoms with Crippen LogP contribution in [0.1, 0.15) is 11.4 Å². The molecule has 1 N–H and O–H groups in total. The lowest BCUT2D eigenvalue weighted by atomic mass is 10.3. The molecule has 0 aliphatic rings. The molecule has 0 fully saturated rings. The van der Waals surface area contributed by atoms with E-state index < -0.39 is 0 Å². The number of aryl methyl sites for hydroxylation is 1. The molecule has 0 unspecified atom stereocenters. The summed E-state index contributed by atoms with van der Waals surface area (Å²) in [7, 11) is 0. The number of thiazole rings is 1. The van der Waals surface area contributed by atoms with Gasteiger partial charge in [-0.1, -0.05) is 0 Å². The number of carbonyl (C=O) groups excluding carboxylic acids is 1.